The highest BCUT2D eigenvalue weighted by Gasteiger charge is 2.43. The molecule has 0 spiro atoms. The van der Waals surface area contributed by atoms with E-state index in [2.05, 4.69) is 0 Å². The Labute approximate surface area is 203 Å². The van der Waals surface area contributed by atoms with Crippen LogP contribution >= 0.6 is 0 Å². The molecule has 1 atom stereocenters. The third-order valence-corrected chi connectivity index (χ3v) is 5.20. The van der Waals surface area contributed by atoms with Crippen LogP contribution in [0.15, 0.2) is 46.8 Å². The summed E-state index contributed by atoms with van der Waals surface area (Å²) in [5.41, 5.74) is 0.329. The number of allylic oxidation sites excluding steroid dienone is 2. The number of carbonyl (C=O) groups excluding carboxylic acids is 3. The summed E-state index contributed by atoms with van der Waals surface area (Å²) in [6.07, 6.45) is -1.30. The molecule has 0 aliphatic carbocycles. The van der Waals surface area contributed by atoms with Crippen LogP contribution in [-0.2, 0) is 28.5 Å². The lowest BCUT2D eigenvalue weighted by Crippen LogP contribution is -2.39. The molecule has 190 valence electrons. The molecular formula is C24H30N2O9. The highest BCUT2D eigenvalue weighted by molar-refractivity contribution is 6.01. The standard InChI is InChI=1S/C24H30N2O9/c1-7-33-24(29)25-15(4)19(22(27)34-12-11-32-6)21(17-9-8-10-18(13-17)26(30)31)20(16(25)5)23(28)35-14(2)3/h8-10,13-14,21H,7,11-12H2,1-6H3. The first kappa shape index (κ1) is 27.5. The van der Waals surface area contributed by atoms with Gasteiger partial charge >= 0.3 is 18.0 Å². The SMILES string of the molecule is CCOC(=O)N1C(C)=C(C(=O)OCCOC)C(c2cccc([N+](=O)[O-])c2)C(C(=O)OC(C)C)=C1C. The summed E-state index contributed by atoms with van der Waals surface area (Å²) in [7, 11) is 1.44. The van der Waals surface area contributed by atoms with Gasteiger partial charge in [0.05, 0.1) is 41.3 Å². The maximum absolute atomic E-state index is 13.3. The van der Waals surface area contributed by atoms with Crippen molar-refractivity contribution in [3.63, 3.8) is 0 Å². The van der Waals surface area contributed by atoms with Crippen LogP contribution in [0.25, 0.3) is 0 Å². The second-order valence-electron chi connectivity index (χ2n) is 7.90. The van der Waals surface area contributed by atoms with Gasteiger partial charge < -0.3 is 18.9 Å². The first-order chi connectivity index (χ1) is 16.5. The van der Waals surface area contributed by atoms with Crippen molar-refractivity contribution in [3.05, 3.63) is 62.5 Å². The summed E-state index contributed by atoms with van der Waals surface area (Å²) in [5, 5.41) is 11.4. The molecule has 0 fully saturated rings. The van der Waals surface area contributed by atoms with Crippen LogP contribution in [0, 0.1) is 10.1 Å². The number of rotatable bonds is 9. The number of nitrogens with zero attached hydrogens (tertiary/aromatic N) is 2. The third kappa shape index (κ3) is 6.24. The fourth-order valence-electron chi connectivity index (χ4n) is 3.77. The molecule has 11 nitrogen and oxygen atoms in total. The number of ether oxygens (including phenoxy) is 4. The highest BCUT2D eigenvalue weighted by atomic mass is 16.6. The molecule has 0 bridgehead atoms. The number of benzene rings is 1. The Balaban J connectivity index is 2.82. The second-order valence-corrected chi connectivity index (χ2v) is 7.90. The van der Waals surface area contributed by atoms with Gasteiger partial charge in [0.25, 0.3) is 5.69 Å². The molecule has 1 aliphatic heterocycles. The fourth-order valence-corrected chi connectivity index (χ4v) is 3.77. The molecule has 35 heavy (non-hydrogen) atoms. The predicted molar refractivity (Wildman–Crippen MR) is 124 cm³/mol. The zero-order chi connectivity index (χ0) is 26.3. The predicted octanol–water partition coefficient (Wildman–Crippen LogP) is 3.84. The van der Waals surface area contributed by atoms with Crippen molar-refractivity contribution in [3.8, 4) is 0 Å². The molecule has 11 heteroatoms. The van der Waals surface area contributed by atoms with Crippen molar-refractivity contribution in [1.82, 2.24) is 4.90 Å². The summed E-state index contributed by atoms with van der Waals surface area (Å²) in [6.45, 7) is 8.08. The summed E-state index contributed by atoms with van der Waals surface area (Å²) in [6, 6.07) is 5.59. The first-order valence-corrected chi connectivity index (χ1v) is 11.0. The highest BCUT2D eigenvalue weighted by Crippen LogP contribution is 2.44. The molecule has 1 amide bonds. The molecular weight excluding hydrogens is 460 g/mol. The topological polar surface area (TPSA) is 135 Å². The Morgan fingerprint density at radius 3 is 2.23 bits per heavy atom. The number of amides is 1. The van der Waals surface area contributed by atoms with E-state index in [-0.39, 0.29) is 53.6 Å². The monoisotopic (exact) mass is 490 g/mol. The Bertz CT molecular complexity index is 1060. The molecule has 0 radical (unpaired) electrons. The van der Waals surface area contributed by atoms with Gasteiger partial charge in [-0.2, -0.15) is 0 Å². The van der Waals surface area contributed by atoms with E-state index in [1.165, 1.54) is 39.2 Å². The van der Waals surface area contributed by atoms with Gasteiger partial charge in [-0.3, -0.25) is 15.0 Å². The van der Waals surface area contributed by atoms with E-state index >= 15 is 0 Å². The van der Waals surface area contributed by atoms with Gasteiger partial charge in [-0.25, -0.2) is 14.4 Å². The van der Waals surface area contributed by atoms with Gasteiger partial charge in [0.15, 0.2) is 0 Å². The minimum absolute atomic E-state index is 0.0310. The van der Waals surface area contributed by atoms with Gasteiger partial charge in [0.1, 0.15) is 6.61 Å². The minimum Gasteiger partial charge on any atom is -0.460 e. The number of carbonyl (C=O) groups is 3. The quantitative estimate of drug-likeness (QED) is 0.166. The molecule has 0 saturated heterocycles. The number of nitro groups is 1. The molecule has 1 heterocycles. The van der Waals surface area contributed by atoms with Gasteiger partial charge in [-0.05, 0) is 40.2 Å². The molecule has 1 aromatic carbocycles. The Hall–Kier alpha value is -3.73. The zero-order valence-corrected chi connectivity index (χ0v) is 20.7. The van der Waals surface area contributed by atoms with Gasteiger partial charge in [-0.15, -0.1) is 0 Å². The van der Waals surface area contributed by atoms with Crippen LogP contribution in [0.5, 0.6) is 0 Å². The van der Waals surface area contributed by atoms with Crippen molar-refractivity contribution >= 4 is 23.7 Å². The average Bonchev–Trinajstić information content (AvgIpc) is 2.78. The van der Waals surface area contributed by atoms with E-state index in [0.29, 0.717) is 0 Å². The summed E-state index contributed by atoms with van der Waals surface area (Å²) in [4.78, 5) is 51.4. The Morgan fingerprint density at radius 1 is 1.06 bits per heavy atom. The minimum atomic E-state index is -1.10. The summed E-state index contributed by atoms with van der Waals surface area (Å²) < 4.78 is 20.9. The van der Waals surface area contributed by atoms with Crippen molar-refractivity contribution in [2.24, 2.45) is 0 Å². The van der Waals surface area contributed by atoms with Crippen molar-refractivity contribution in [2.45, 2.75) is 46.6 Å². The molecule has 0 aromatic heterocycles. The van der Waals surface area contributed by atoms with E-state index in [4.69, 9.17) is 18.9 Å². The fraction of sp³-hybridized carbons (Fsp3) is 0.458. The van der Waals surface area contributed by atoms with Crippen LogP contribution in [0.1, 0.15) is 46.1 Å². The lowest BCUT2D eigenvalue weighted by atomic mass is 9.79. The number of nitro benzene ring substituents is 1. The van der Waals surface area contributed by atoms with Gasteiger partial charge in [0.2, 0.25) is 0 Å². The molecule has 0 N–H and O–H groups in total. The first-order valence-electron chi connectivity index (χ1n) is 11.0. The number of esters is 2. The van der Waals surface area contributed by atoms with Gasteiger partial charge in [-0.1, -0.05) is 12.1 Å². The Kier molecular flexibility index (Phi) is 9.52. The van der Waals surface area contributed by atoms with Crippen molar-refractivity contribution in [1.29, 1.82) is 0 Å². The number of non-ortho nitro benzene ring substituents is 1. The zero-order valence-electron chi connectivity index (χ0n) is 20.7. The normalized spacial score (nSPS) is 15.9. The second kappa shape index (κ2) is 12.1. The molecule has 2 rings (SSSR count). The van der Waals surface area contributed by atoms with Crippen LogP contribution < -0.4 is 0 Å². The van der Waals surface area contributed by atoms with Crippen molar-refractivity contribution < 1.29 is 38.3 Å². The number of methoxy groups -OCH3 is 1. The van der Waals surface area contributed by atoms with E-state index in [1.54, 1.807) is 26.8 Å². The van der Waals surface area contributed by atoms with Gasteiger partial charge in [0, 0.05) is 30.6 Å². The van der Waals surface area contributed by atoms with Crippen LogP contribution in [-0.4, -0.2) is 60.9 Å². The average molecular weight is 491 g/mol. The maximum atomic E-state index is 13.3. The molecule has 1 aromatic rings. The van der Waals surface area contributed by atoms with E-state index < -0.39 is 35.0 Å². The Morgan fingerprint density at radius 2 is 1.69 bits per heavy atom. The van der Waals surface area contributed by atoms with Crippen molar-refractivity contribution in [2.75, 3.05) is 26.9 Å². The molecule has 1 unspecified atom stereocenters. The van der Waals surface area contributed by atoms with Crippen LogP contribution in [0.2, 0.25) is 0 Å². The van der Waals surface area contributed by atoms with E-state index in [9.17, 15) is 24.5 Å². The van der Waals surface area contributed by atoms with E-state index in [0.717, 1.165) is 4.90 Å². The number of hydrogen-bond donors (Lipinski definition) is 0. The summed E-state index contributed by atoms with van der Waals surface area (Å²) >= 11 is 0. The lowest BCUT2D eigenvalue weighted by Gasteiger charge is -2.36. The largest absolute Gasteiger partial charge is 0.460 e. The van der Waals surface area contributed by atoms with Crippen LogP contribution in [0.3, 0.4) is 0 Å². The lowest BCUT2D eigenvalue weighted by molar-refractivity contribution is -0.384. The third-order valence-electron chi connectivity index (χ3n) is 5.20. The maximum Gasteiger partial charge on any atom is 0.418 e. The van der Waals surface area contributed by atoms with E-state index in [1.807, 2.05) is 0 Å². The molecule has 0 saturated carbocycles. The molecule has 1 aliphatic rings. The smallest absolute Gasteiger partial charge is 0.418 e. The van der Waals surface area contributed by atoms with Crippen LogP contribution in [0.4, 0.5) is 10.5 Å². The summed E-state index contributed by atoms with van der Waals surface area (Å²) in [5.74, 6) is -2.69. The number of hydrogen-bond acceptors (Lipinski definition) is 9.